The van der Waals surface area contributed by atoms with Crippen molar-refractivity contribution in [3.63, 3.8) is 0 Å². The summed E-state index contributed by atoms with van der Waals surface area (Å²) in [6, 6.07) is 13.2. The molecule has 2 aromatic carbocycles. The molecule has 0 aliphatic carbocycles. The quantitative estimate of drug-likeness (QED) is 0.126. The summed E-state index contributed by atoms with van der Waals surface area (Å²) in [5.41, 5.74) is 5.37. The van der Waals surface area contributed by atoms with Gasteiger partial charge in [0, 0.05) is 0 Å². The van der Waals surface area contributed by atoms with Gasteiger partial charge in [-0.25, -0.2) is 0 Å². The van der Waals surface area contributed by atoms with E-state index in [1.165, 1.54) is 73.6 Å². The molecular formula is C34H58O3Sn2. The minimum atomic E-state index is -3.62. The Balaban J connectivity index is 2.68. The molecule has 0 heterocycles. The van der Waals surface area contributed by atoms with Crippen LogP contribution in [0.1, 0.15) is 115 Å². The third-order valence-corrected chi connectivity index (χ3v) is 40.5. The van der Waals surface area contributed by atoms with Gasteiger partial charge in [0.2, 0.25) is 0 Å². The summed E-state index contributed by atoms with van der Waals surface area (Å²) in [4.78, 5) is 0. The Labute approximate surface area is 251 Å². The van der Waals surface area contributed by atoms with Crippen molar-refractivity contribution in [1.29, 1.82) is 0 Å². The summed E-state index contributed by atoms with van der Waals surface area (Å²) in [7, 11) is 0. The van der Waals surface area contributed by atoms with Gasteiger partial charge in [-0.15, -0.1) is 0 Å². The molecule has 0 radical (unpaired) electrons. The number of rotatable bonds is 20. The Bertz CT molecular complexity index is 881. The Morgan fingerprint density at radius 2 is 0.846 bits per heavy atom. The zero-order chi connectivity index (χ0) is 28.7. The summed E-state index contributed by atoms with van der Waals surface area (Å²) in [6.45, 7) is 18.2. The zero-order valence-corrected chi connectivity index (χ0v) is 32.3. The van der Waals surface area contributed by atoms with Crippen LogP contribution in [0.15, 0.2) is 36.4 Å². The van der Waals surface area contributed by atoms with Crippen molar-refractivity contribution in [1.82, 2.24) is 0 Å². The first-order chi connectivity index (χ1) is 18.8. The van der Waals surface area contributed by atoms with Crippen LogP contribution in [0.2, 0.25) is 17.7 Å². The zero-order valence-electron chi connectivity index (χ0n) is 26.6. The molecule has 0 saturated carbocycles. The number of aryl methyl sites for hydroxylation is 2. The van der Waals surface area contributed by atoms with E-state index in [0.717, 1.165) is 42.1 Å². The first kappa shape index (κ1) is 34.8. The summed E-state index contributed by atoms with van der Waals surface area (Å²) < 4.78 is 27.2. The van der Waals surface area contributed by atoms with E-state index >= 15 is 0 Å². The van der Waals surface area contributed by atoms with Gasteiger partial charge in [0.25, 0.3) is 0 Å². The van der Waals surface area contributed by atoms with Crippen molar-refractivity contribution in [2.24, 2.45) is 0 Å². The molecule has 220 valence electrons. The maximum atomic E-state index is 7.90. The second-order valence-electron chi connectivity index (χ2n) is 11.4. The van der Waals surface area contributed by atoms with E-state index in [0.29, 0.717) is 0 Å². The van der Waals surface area contributed by atoms with E-state index in [1.807, 2.05) is 0 Å². The molecule has 39 heavy (non-hydrogen) atoms. The van der Waals surface area contributed by atoms with Gasteiger partial charge in [-0.2, -0.15) is 0 Å². The van der Waals surface area contributed by atoms with Crippen LogP contribution in [0.25, 0.3) is 0 Å². The fourth-order valence-electron chi connectivity index (χ4n) is 5.67. The van der Waals surface area contributed by atoms with Gasteiger partial charge in [0.1, 0.15) is 0 Å². The molecule has 0 N–H and O–H groups in total. The average Bonchev–Trinajstić information content (AvgIpc) is 2.93. The molecule has 0 spiro atoms. The molecule has 0 aliphatic heterocycles. The summed E-state index contributed by atoms with van der Waals surface area (Å²) in [5.74, 6) is 2.19. The van der Waals surface area contributed by atoms with Crippen molar-refractivity contribution in [2.75, 3.05) is 0 Å². The van der Waals surface area contributed by atoms with E-state index in [-0.39, 0.29) is 0 Å². The van der Waals surface area contributed by atoms with Gasteiger partial charge in [-0.05, 0) is 0 Å². The maximum absolute atomic E-state index is 7.90. The van der Waals surface area contributed by atoms with Gasteiger partial charge in [-0.1, -0.05) is 0 Å². The molecule has 0 fully saturated rings. The van der Waals surface area contributed by atoms with Crippen LogP contribution >= 0.6 is 0 Å². The molecule has 2 aromatic rings. The van der Waals surface area contributed by atoms with Crippen LogP contribution in [0.3, 0.4) is 0 Å². The molecule has 2 rings (SSSR count). The molecule has 0 aliphatic rings. The molecule has 0 unspecified atom stereocenters. The first-order valence-electron chi connectivity index (χ1n) is 16.1. The fourth-order valence-corrected chi connectivity index (χ4v) is 47.6. The van der Waals surface area contributed by atoms with Crippen LogP contribution in [0.4, 0.5) is 0 Å². The predicted octanol–water partition coefficient (Wildman–Crippen LogP) is 11.0. The van der Waals surface area contributed by atoms with Gasteiger partial charge < -0.3 is 0 Å². The normalized spacial score (nSPS) is 12.1. The van der Waals surface area contributed by atoms with Crippen molar-refractivity contribution >= 4 is 38.4 Å². The van der Waals surface area contributed by atoms with Gasteiger partial charge in [0.05, 0.1) is 0 Å². The molecule has 0 amide bonds. The van der Waals surface area contributed by atoms with Gasteiger partial charge >= 0.3 is 253 Å². The fraction of sp³-hybridized carbons (Fsp3) is 0.647. The molecule has 0 atom stereocenters. The van der Waals surface area contributed by atoms with Crippen LogP contribution in [0, 0.1) is 13.8 Å². The molecule has 0 bridgehead atoms. The van der Waals surface area contributed by atoms with Gasteiger partial charge in [0.15, 0.2) is 0 Å². The predicted molar refractivity (Wildman–Crippen MR) is 174 cm³/mol. The van der Waals surface area contributed by atoms with Crippen LogP contribution < -0.4 is 6.15 Å². The molecule has 0 aromatic heterocycles. The Kier molecular flexibility index (Phi) is 16.2. The Morgan fingerprint density at radius 1 is 0.513 bits per heavy atom. The average molecular weight is 752 g/mol. The second-order valence-corrected chi connectivity index (χ2v) is 33.1. The van der Waals surface area contributed by atoms with Crippen molar-refractivity contribution in [3.05, 3.63) is 58.7 Å². The van der Waals surface area contributed by atoms with E-state index in [1.54, 1.807) is 0 Å². The SMILES string of the molecule is CCC[CH2][Sn]([CH2]CCC)([O]c1cccc(C)c1CC)[O][Sn]([CH2]CCC)([CH2]CCC)[O]c1cccc(C)c1CC. The summed E-state index contributed by atoms with van der Waals surface area (Å²) >= 11 is -7.24. The van der Waals surface area contributed by atoms with E-state index in [9.17, 15) is 0 Å². The first-order valence-corrected chi connectivity index (χ1v) is 28.8. The molecular weight excluding hydrogens is 694 g/mol. The Hall–Kier alpha value is -0.403. The van der Waals surface area contributed by atoms with Crippen molar-refractivity contribution in [3.8, 4) is 11.5 Å². The van der Waals surface area contributed by atoms with Crippen molar-refractivity contribution in [2.45, 2.75) is 137 Å². The topological polar surface area (TPSA) is 27.7 Å². The summed E-state index contributed by atoms with van der Waals surface area (Å²) in [5, 5.41) is 0. The van der Waals surface area contributed by atoms with Crippen LogP contribution in [-0.2, 0) is 14.3 Å². The van der Waals surface area contributed by atoms with Crippen LogP contribution in [0.5, 0.6) is 11.5 Å². The van der Waals surface area contributed by atoms with E-state index in [2.05, 4.69) is 91.8 Å². The number of benzene rings is 2. The minimum absolute atomic E-state index is 0.991. The van der Waals surface area contributed by atoms with Crippen LogP contribution in [-0.4, -0.2) is 38.4 Å². The second kappa shape index (κ2) is 18.2. The standard InChI is InChI=1S/2C9H12O.4C4H9.O.2Sn/c2*1-3-8-7(2)5-4-6-9(8)10;4*1-3-4-2;;;/h2*4-6,10H,3H2,1-2H3;4*1,3-4H2,2H3;;;/q;;;;;;;2*+1/p-2. The Morgan fingerprint density at radius 3 is 1.13 bits per heavy atom. The molecule has 3 nitrogen and oxygen atoms in total. The van der Waals surface area contributed by atoms with E-state index < -0.39 is 38.4 Å². The third-order valence-electron chi connectivity index (χ3n) is 8.05. The third kappa shape index (κ3) is 10.4. The number of hydrogen-bond acceptors (Lipinski definition) is 3. The summed E-state index contributed by atoms with van der Waals surface area (Å²) in [6.07, 6.45) is 11.4. The molecule has 5 heteroatoms. The van der Waals surface area contributed by atoms with E-state index in [4.69, 9.17) is 7.56 Å². The monoisotopic (exact) mass is 754 g/mol. The molecule has 0 saturated heterocycles. The van der Waals surface area contributed by atoms with Crippen molar-refractivity contribution < 1.29 is 7.56 Å². The number of hydrogen-bond donors (Lipinski definition) is 0. The number of unbranched alkanes of at least 4 members (excludes halogenated alkanes) is 4. The van der Waals surface area contributed by atoms with Gasteiger partial charge in [-0.3, -0.25) is 0 Å².